The molecule has 7 aromatic carbocycles. The first-order valence-electron chi connectivity index (χ1n) is 18.8. The highest BCUT2D eigenvalue weighted by molar-refractivity contribution is 5.96. The lowest BCUT2D eigenvalue weighted by Crippen LogP contribution is -2.25. The van der Waals surface area contributed by atoms with E-state index in [-0.39, 0.29) is 5.41 Å². The van der Waals surface area contributed by atoms with Crippen LogP contribution < -0.4 is 0 Å². The van der Waals surface area contributed by atoms with Gasteiger partial charge in [0.1, 0.15) is 0 Å². The fourth-order valence-corrected chi connectivity index (χ4v) is 9.00. The van der Waals surface area contributed by atoms with Crippen molar-refractivity contribution in [1.82, 2.24) is 15.0 Å². The molecule has 0 atom stereocenters. The van der Waals surface area contributed by atoms with E-state index in [0.29, 0.717) is 5.82 Å². The van der Waals surface area contributed by atoms with Crippen LogP contribution in [-0.2, 0) is 5.41 Å². The van der Waals surface area contributed by atoms with Gasteiger partial charge in [-0.25, -0.2) is 9.97 Å². The first kappa shape index (κ1) is 31.3. The zero-order valence-corrected chi connectivity index (χ0v) is 29.9. The van der Waals surface area contributed by atoms with E-state index < -0.39 is 0 Å². The molecule has 0 radical (unpaired) electrons. The summed E-state index contributed by atoms with van der Waals surface area (Å²) in [5, 5.41) is 0. The number of hydrogen-bond acceptors (Lipinski definition) is 3. The molecule has 0 aliphatic heterocycles. The Labute approximate surface area is 320 Å². The fourth-order valence-electron chi connectivity index (χ4n) is 9.00. The van der Waals surface area contributed by atoms with Crippen molar-refractivity contribution in [2.45, 2.75) is 5.41 Å². The molecule has 0 N–H and O–H groups in total. The van der Waals surface area contributed by atoms with Gasteiger partial charge < -0.3 is 0 Å². The second kappa shape index (κ2) is 12.4. The minimum absolute atomic E-state index is 0.387. The van der Waals surface area contributed by atoms with Gasteiger partial charge in [0.05, 0.1) is 16.8 Å². The molecule has 0 fully saturated rings. The third-order valence-corrected chi connectivity index (χ3v) is 11.4. The Kier molecular flexibility index (Phi) is 7.08. The molecular weight excluding hydrogens is 667 g/mol. The molecule has 9 aromatic rings. The van der Waals surface area contributed by atoms with Gasteiger partial charge in [-0.15, -0.1) is 0 Å². The van der Waals surface area contributed by atoms with Gasteiger partial charge in [0.15, 0.2) is 5.82 Å². The quantitative estimate of drug-likeness (QED) is 0.179. The molecule has 3 nitrogen and oxygen atoms in total. The van der Waals surface area contributed by atoms with Crippen molar-refractivity contribution in [2.24, 2.45) is 0 Å². The van der Waals surface area contributed by atoms with Crippen LogP contribution >= 0.6 is 0 Å². The summed E-state index contributed by atoms with van der Waals surface area (Å²) in [7, 11) is 0. The zero-order valence-electron chi connectivity index (χ0n) is 29.9. The molecule has 0 unspecified atom stereocenters. The van der Waals surface area contributed by atoms with Crippen LogP contribution in [-0.4, -0.2) is 15.0 Å². The van der Waals surface area contributed by atoms with Crippen LogP contribution in [0.25, 0.3) is 78.4 Å². The van der Waals surface area contributed by atoms with Crippen molar-refractivity contribution in [3.63, 3.8) is 0 Å². The number of fused-ring (bicyclic) bond motifs is 10. The van der Waals surface area contributed by atoms with Gasteiger partial charge in [0, 0.05) is 29.1 Å². The van der Waals surface area contributed by atoms with Crippen molar-refractivity contribution in [1.29, 1.82) is 0 Å². The van der Waals surface area contributed by atoms with E-state index in [0.717, 1.165) is 44.8 Å². The van der Waals surface area contributed by atoms with Gasteiger partial charge in [-0.1, -0.05) is 152 Å². The SMILES string of the molecule is c1ccc(-c2cccc(-c3nc(-c4ccncc4)cc(-c4cccc(-c5ccc6c(c5)C5(c7ccccc7-c7ccccc75)c5ccccc5-6)c4)n3)c2)cc1. The van der Waals surface area contributed by atoms with Gasteiger partial charge in [0.2, 0.25) is 0 Å². The molecule has 2 aliphatic rings. The number of benzene rings is 7. The topological polar surface area (TPSA) is 38.7 Å². The predicted octanol–water partition coefficient (Wildman–Crippen LogP) is 12.6. The summed E-state index contributed by atoms with van der Waals surface area (Å²) in [5.74, 6) is 0.684. The molecule has 11 rings (SSSR count). The molecule has 256 valence electrons. The van der Waals surface area contributed by atoms with Gasteiger partial charge in [-0.3, -0.25) is 4.98 Å². The predicted molar refractivity (Wildman–Crippen MR) is 223 cm³/mol. The maximum absolute atomic E-state index is 5.24. The van der Waals surface area contributed by atoms with Gasteiger partial charge in [0.25, 0.3) is 0 Å². The maximum Gasteiger partial charge on any atom is 0.160 e. The Morgan fingerprint density at radius 2 is 0.764 bits per heavy atom. The summed E-state index contributed by atoms with van der Waals surface area (Å²) in [6, 6.07) is 67.8. The smallest absolute Gasteiger partial charge is 0.160 e. The lowest BCUT2D eigenvalue weighted by atomic mass is 9.70. The van der Waals surface area contributed by atoms with E-state index in [9.17, 15) is 0 Å². The standard InChI is InChI=1S/C52H33N3/c1-2-12-34(13-3-1)36-14-11-17-40(31-36)51-54-49(35-26-28-53-29-27-35)33-50(55-51)39-16-10-15-37(30-39)38-24-25-44-43-20-6-9-23-47(43)52(48(44)32-38)45-21-7-4-18-41(45)42-19-5-8-22-46(42)52/h1-33H. The summed E-state index contributed by atoms with van der Waals surface area (Å²) < 4.78 is 0. The lowest BCUT2D eigenvalue weighted by Gasteiger charge is -2.30. The fraction of sp³-hybridized carbons (Fsp3) is 0.0192. The van der Waals surface area contributed by atoms with Crippen molar-refractivity contribution in [2.75, 3.05) is 0 Å². The molecule has 0 bridgehead atoms. The monoisotopic (exact) mass is 699 g/mol. The highest BCUT2D eigenvalue weighted by Crippen LogP contribution is 2.63. The van der Waals surface area contributed by atoms with Crippen LogP contribution in [0.1, 0.15) is 22.3 Å². The Morgan fingerprint density at radius 3 is 1.42 bits per heavy atom. The Balaban J connectivity index is 1.06. The normalized spacial score (nSPS) is 12.9. The number of aromatic nitrogens is 3. The zero-order chi connectivity index (χ0) is 36.3. The van der Waals surface area contributed by atoms with E-state index in [1.54, 1.807) is 0 Å². The van der Waals surface area contributed by atoms with E-state index in [1.807, 2.05) is 30.6 Å². The molecule has 2 aliphatic carbocycles. The van der Waals surface area contributed by atoms with Crippen molar-refractivity contribution < 1.29 is 0 Å². The third kappa shape index (κ3) is 4.87. The van der Waals surface area contributed by atoms with E-state index in [1.165, 1.54) is 50.1 Å². The largest absolute Gasteiger partial charge is 0.265 e. The summed E-state index contributed by atoms with van der Waals surface area (Å²) >= 11 is 0. The average Bonchev–Trinajstić information content (AvgIpc) is 3.74. The molecular formula is C52H33N3. The van der Waals surface area contributed by atoms with Crippen molar-refractivity contribution in [3.8, 4) is 78.4 Å². The Hall–Kier alpha value is -7.23. The Morgan fingerprint density at radius 1 is 0.291 bits per heavy atom. The van der Waals surface area contributed by atoms with E-state index in [2.05, 4.69) is 175 Å². The minimum atomic E-state index is -0.387. The van der Waals surface area contributed by atoms with Gasteiger partial charge in [-0.05, 0) is 103 Å². The summed E-state index contributed by atoms with van der Waals surface area (Å²) in [6.45, 7) is 0. The molecule has 0 saturated carbocycles. The van der Waals surface area contributed by atoms with Crippen LogP contribution in [0.15, 0.2) is 200 Å². The van der Waals surface area contributed by atoms with Gasteiger partial charge >= 0.3 is 0 Å². The number of hydrogen-bond donors (Lipinski definition) is 0. The molecule has 2 aromatic heterocycles. The molecule has 0 saturated heterocycles. The first-order chi connectivity index (χ1) is 27.3. The first-order valence-corrected chi connectivity index (χ1v) is 18.8. The molecule has 3 heteroatoms. The van der Waals surface area contributed by atoms with Crippen molar-refractivity contribution in [3.05, 3.63) is 223 Å². The van der Waals surface area contributed by atoms with Crippen LogP contribution in [0.3, 0.4) is 0 Å². The number of pyridine rings is 1. The van der Waals surface area contributed by atoms with Crippen LogP contribution in [0, 0.1) is 0 Å². The second-order valence-electron chi connectivity index (χ2n) is 14.4. The summed E-state index contributed by atoms with van der Waals surface area (Å²) in [4.78, 5) is 14.6. The van der Waals surface area contributed by atoms with Crippen LogP contribution in [0.2, 0.25) is 0 Å². The maximum atomic E-state index is 5.24. The molecule has 0 amide bonds. The molecule has 55 heavy (non-hydrogen) atoms. The van der Waals surface area contributed by atoms with Crippen molar-refractivity contribution >= 4 is 0 Å². The minimum Gasteiger partial charge on any atom is -0.265 e. The highest BCUT2D eigenvalue weighted by Gasteiger charge is 2.51. The number of rotatable bonds is 5. The highest BCUT2D eigenvalue weighted by atomic mass is 14.9. The van der Waals surface area contributed by atoms with E-state index in [4.69, 9.17) is 9.97 Å². The van der Waals surface area contributed by atoms with Gasteiger partial charge in [-0.2, -0.15) is 0 Å². The van der Waals surface area contributed by atoms with E-state index >= 15 is 0 Å². The number of nitrogens with zero attached hydrogens (tertiary/aromatic N) is 3. The molecule has 1 spiro atoms. The molecule has 2 heterocycles. The average molecular weight is 700 g/mol. The lowest BCUT2D eigenvalue weighted by molar-refractivity contribution is 0.794. The van der Waals surface area contributed by atoms with Crippen LogP contribution in [0.4, 0.5) is 0 Å². The summed E-state index contributed by atoms with van der Waals surface area (Å²) in [6.07, 6.45) is 3.63. The second-order valence-corrected chi connectivity index (χ2v) is 14.4. The summed E-state index contributed by atoms with van der Waals surface area (Å²) in [5.41, 5.74) is 19.5. The third-order valence-electron chi connectivity index (χ3n) is 11.4. The van der Waals surface area contributed by atoms with Crippen LogP contribution in [0.5, 0.6) is 0 Å². The Bertz CT molecular complexity index is 2870.